The van der Waals surface area contributed by atoms with Crippen LogP contribution in [0.25, 0.3) is 0 Å². The van der Waals surface area contributed by atoms with Crippen LogP contribution >= 0.6 is 11.3 Å². The van der Waals surface area contributed by atoms with Crippen LogP contribution in [0.4, 0.5) is 13.9 Å². The Morgan fingerprint density at radius 3 is 2.64 bits per heavy atom. The van der Waals surface area contributed by atoms with E-state index in [1.165, 1.54) is 19.2 Å². The molecule has 0 unspecified atom stereocenters. The van der Waals surface area contributed by atoms with Gasteiger partial charge < -0.3 is 19.3 Å². The average Bonchev–Trinajstić information content (AvgIpc) is 3.15. The largest absolute Gasteiger partial charge is 0.493 e. The highest BCUT2D eigenvalue weighted by Crippen LogP contribution is 2.33. The fourth-order valence-corrected chi connectivity index (χ4v) is 3.40. The number of thiazole rings is 1. The summed E-state index contributed by atoms with van der Waals surface area (Å²) >= 11 is 1.54. The number of aromatic nitrogens is 1. The van der Waals surface area contributed by atoms with Crippen molar-refractivity contribution < 1.29 is 23.0 Å². The molecule has 9 heteroatoms. The van der Waals surface area contributed by atoms with E-state index in [-0.39, 0.29) is 23.0 Å². The third-order valence-electron chi connectivity index (χ3n) is 3.89. The van der Waals surface area contributed by atoms with Crippen molar-refractivity contribution in [2.75, 3.05) is 38.2 Å². The molecule has 6 nitrogen and oxygen atoms in total. The molecular weight excluding hydrogens is 352 g/mol. The lowest BCUT2D eigenvalue weighted by Crippen LogP contribution is -2.48. The summed E-state index contributed by atoms with van der Waals surface area (Å²) in [5.74, 6) is -0.478. The van der Waals surface area contributed by atoms with E-state index >= 15 is 0 Å². The first kappa shape index (κ1) is 17.4. The molecule has 1 aromatic heterocycles. The van der Waals surface area contributed by atoms with Crippen molar-refractivity contribution >= 4 is 22.4 Å². The van der Waals surface area contributed by atoms with Crippen molar-refractivity contribution in [2.45, 2.75) is 6.61 Å². The molecule has 0 radical (unpaired) electrons. The highest BCUT2D eigenvalue weighted by atomic mass is 32.1. The highest BCUT2D eigenvalue weighted by Gasteiger charge is 2.27. The number of piperazine rings is 1. The molecule has 0 bridgehead atoms. The lowest BCUT2D eigenvalue weighted by atomic mass is 10.1. The van der Waals surface area contributed by atoms with E-state index in [4.69, 9.17) is 4.74 Å². The topological polar surface area (TPSA) is 54.9 Å². The summed E-state index contributed by atoms with van der Waals surface area (Å²) in [7, 11) is 1.34. The van der Waals surface area contributed by atoms with Gasteiger partial charge >= 0.3 is 6.61 Å². The highest BCUT2D eigenvalue weighted by molar-refractivity contribution is 7.13. The summed E-state index contributed by atoms with van der Waals surface area (Å²) in [5, 5.41) is 2.81. The molecule has 0 saturated carbocycles. The van der Waals surface area contributed by atoms with Gasteiger partial charge in [0.1, 0.15) is 0 Å². The molecule has 2 heterocycles. The van der Waals surface area contributed by atoms with E-state index in [1.807, 2.05) is 5.38 Å². The molecule has 134 valence electrons. The Morgan fingerprint density at radius 1 is 1.28 bits per heavy atom. The molecular formula is C16H17F2N3O3S. The van der Waals surface area contributed by atoms with Crippen LogP contribution in [0.5, 0.6) is 11.5 Å². The van der Waals surface area contributed by atoms with Crippen molar-refractivity contribution in [3.05, 3.63) is 35.3 Å². The Labute approximate surface area is 147 Å². The molecule has 1 amide bonds. The van der Waals surface area contributed by atoms with Gasteiger partial charge in [-0.3, -0.25) is 4.79 Å². The number of para-hydroxylation sites is 1. The number of rotatable bonds is 5. The van der Waals surface area contributed by atoms with E-state index in [0.717, 1.165) is 5.13 Å². The first-order chi connectivity index (χ1) is 12.1. The number of anilines is 1. The number of carbonyl (C=O) groups is 1. The quantitative estimate of drug-likeness (QED) is 0.811. The maximum Gasteiger partial charge on any atom is 0.387 e. The number of nitrogens with zero attached hydrogens (tertiary/aromatic N) is 3. The minimum Gasteiger partial charge on any atom is -0.493 e. The van der Waals surface area contributed by atoms with Gasteiger partial charge in [0.05, 0.1) is 12.7 Å². The minimum absolute atomic E-state index is 0.0716. The van der Waals surface area contributed by atoms with Gasteiger partial charge in [0.2, 0.25) is 0 Å². The molecule has 0 aliphatic carbocycles. The Morgan fingerprint density at radius 2 is 2.04 bits per heavy atom. The fraction of sp³-hybridized carbons (Fsp3) is 0.375. The van der Waals surface area contributed by atoms with Crippen LogP contribution < -0.4 is 14.4 Å². The molecule has 25 heavy (non-hydrogen) atoms. The summed E-state index contributed by atoms with van der Waals surface area (Å²) in [6.07, 6.45) is 1.74. The zero-order valence-corrected chi connectivity index (χ0v) is 14.3. The molecule has 0 atom stereocenters. The molecule has 3 rings (SSSR count). The summed E-state index contributed by atoms with van der Waals surface area (Å²) in [6.45, 7) is -0.819. The van der Waals surface area contributed by atoms with Gasteiger partial charge in [-0.1, -0.05) is 6.07 Å². The van der Waals surface area contributed by atoms with Crippen LogP contribution in [-0.2, 0) is 0 Å². The third-order valence-corrected chi connectivity index (χ3v) is 4.73. The van der Waals surface area contributed by atoms with Crippen molar-refractivity contribution in [1.29, 1.82) is 0 Å². The molecule has 0 spiro atoms. The molecule has 1 aliphatic rings. The second kappa shape index (κ2) is 7.64. The lowest BCUT2D eigenvalue weighted by Gasteiger charge is -2.34. The predicted octanol–water partition coefficient (Wildman–Crippen LogP) is 2.72. The van der Waals surface area contributed by atoms with Crippen molar-refractivity contribution in [3.63, 3.8) is 0 Å². The standard InChI is InChI=1S/C16H17F2N3O3S/c1-23-12-4-2-3-11(13(12)24-15(17)18)14(22)20-6-8-21(9-7-20)16-19-5-10-25-16/h2-5,10,15H,6-9H2,1H3. The Kier molecular flexibility index (Phi) is 5.32. The van der Waals surface area contributed by atoms with Crippen LogP contribution in [0, 0.1) is 0 Å². The average molecular weight is 369 g/mol. The Balaban J connectivity index is 1.75. The second-order valence-electron chi connectivity index (χ2n) is 5.31. The number of amides is 1. The van der Waals surface area contributed by atoms with Gasteiger partial charge in [-0.05, 0) is 12.1 Å². The van der Waals surface area contributed by atoms with Crippen LogP contribution in [0.2, 0.25) is 0 Å². The first-order valence-electron chi connectivity index (χ1n) is 7.65. The van der Waals surface area contributed by atoms with Gasteiger partial charge in [0, 0.05) is 37.8 Å². The number of carbonyl (C=O) groups excluding carboxylic acids is 1. The van der Waals surface area contributed by atoms with Gasteiger partial charge in [-0.25, -0.2) is 4.98 Å². The number of benzene rings is 1. The number of halogens is 2. The monoisotopic (exact) mass is 369 g/mol. The second-order valence-corrected chi connectivity index (χ2v) is 6.18. The zero-order chi connectivity index (χ0) is 17.8. The van der Waals surface area contributed by atoms with Crippen LogP contribution in [0.3, 0.4) is 0 Å². The van der Waals surface area contributed by atoms with E-state index < -0.39 is 6.61 Å². The number of hydrogen-bond acceptors (Lipinski definition) is 6. The predicted molar refractivity (Wildman–Crippen MR) is 89.9 cm³/mol. The molecule has 1 saturated heterocycles. The summed E-state index contributed by atoms with van der Waals surface area (Å²) in [4.78, 5) is 20.8. The van der Waals surface area contributed by atoms with Crippen LogP contribution in [-0.4, -0.2) is 55.7 Å². The number of methoxy groups -OCH3 is 1. The number of alkyl halides is 2. The van der Waals surface area contributed by atoms with Gasteiger partial charge in [-0.15, -0.1) is 11.3 Å². The van der Waals surface area contributed by atoms with E-state index in [0.29, 0.717) is 26.2 Å². The minimum atomic E-state index is -3.04. The van der Waals surface area contributed by atoms with E-state index in [9.17, 15) is 13.6 Å². The summed E-state index contributed by atoms with van der Waals surface area (Å²) in [6, 6.07) is 4.53. The summed E-state index contributed by atoms with van der Waals surface area (Å²) in [5.41, 5.74) is 0.0716. The Bertz CT molecular complexity index is 719. The van der Waals surface area contributed by atoms with E-state index in [1.54, 1.807) is 28.5 Å². The van der Waals surface area contributed by atoms with Crippen molar-refractivity contribution in [3.8, 4) is 11.5 Å². The molecule has 1 fully saturated rings. The number of hydrogen-bond donors (Lipinski definition) is 0. The molecule has 2 aromatic rings. The van der Waals surface area contributed by atoms with E-state index in [2.05, 4.69) is 14.6 Å². The molecule has 1 aromatic carbocycles. The molecule has 1 aliphatic heterocycles. The van der Waals surface area contributed by atoms with Gasteiger partial charge in [-0.2, -0.15) is 8.78 Å². The first-order valence-corrected chi connectivity index (χ1v) is 8.53. The van der Waals surface area contributed by atoms with Gasteiger partial charge in [0.25, 0.3) is 5.91 Å². The zero-order valence-electron chi connectivity index (χ0n) is 13.5. The smallest absolute Gasteiger partial charge is 0.387 e. The van der Waals surface area contributed by atoms with Crippen molar-refractivity contribution in [1.82, 2.24) is 9.88 Å². The third kappa shape index (κ3) is 3.81. The maximum absolute atomic E-state index is 12.8. The fourth-order valence-electron chi connectivity index (χ4n) is 2.70. The normalized spacial score (nSPS) is 14.7. The number of ether oxygens (including phenoxy) is 2. The van der Waals surface area contributed by atoms with Crippen LogP contribution in [0.1, 0.15) is 10.4 Å². The Hall–Kier alpha value is -2.42. The summed E-state index contributed by atoms with van der Waals surface area (Å²) < 4.78 is 35.0. The molecule has 0 N–H and O–H groups in total. The van der Waals surface area contributed by atoms with Gasteiger partial charge in [0.15, 0.2) is 16.6 Å². The maximum atomic E-state index is 12.8. The van der Waals surface area contributed by atoms with Crippen LogP contribution in [0.15, 0.2) is 29.8 Å². The lowest BCUT2D eigenvalue weighted by molar-refractivity contribution is -0.0516. The SMILES string of the molecule is COc1cccc(C(=O)N2CCN(c3nccs3)CC2)c1OC(F)F. The van der Waals surface area contributed by atoms with Crippen molar-refractivity contribution in [2.24, 2.45) is 0 Å².